The lowest BCUT2D eigenvalue weighted by atomic mass is 10.0. The lowest BCUT2D eigenvalue weighted by molar-refractivity contribution is 0.0523. The van der Waals surface area contributed by atoms with Crippen LogP contribution in [0.3, 0.4) is 0 Å². The molecule has 3 rings (SSSR count). The molecule has 3 aromatic rings. The molecule has 6 nitrogen and oxygen atoms in total. The highest BCUT2D eigenvalue weighted by atomic mass is 35.5. The molecule has 35 heavy (non-hydrogen) atoms. The number of halogens is 3. The second-order valence-corrected chi connectivity index (χ2v) is 9.85. The SMILES string of the molecule is Cc1nc(F)ccc1-c1cc(CNC(=O)OC(C)(C)C)cc(C(=O)CCc2ccc(Cl)c(Cl)c2)n1. The lowest BCUT2D eigenvalue weighted by Gasteiger charge is -2.20. The van der Waals surface area contributed by atoms with E-state index in [2.05, 4.69) is 15.3 Å². The van der Waals surface area contributed by atoms with Crippen LogP contribution in [0.25, 0.3) is 11.3 Å². The Morgan fingerprint density at radius 1 is 1.00 bits per heavy atom. The molecule has 0 radical (unpaired) electrons. The maximum Gasteiger partial charge on any atom is 0.407 e. The quantitative estimate of drug-likeness (QED) is 0.277. The monoisotopic (exact) mass is 517 g/mol. The van der Waals surface area contributed by atoms with Crippen LogP contribution in [0.5, 0.6) is 0 Å². The Balaban J connectivity index is 1.86. The number of aromatic nitrogens is 2. The number of Topliss-reactive ketones (excluding diaryl/α,β-unsaturated/α-hetero) is 1. The van der Waals surface area contributed by atoms with Gasteiger partial charge in [0.05, 0.1) is 15.7 Å². The van der Waals surface area contributed by atoms with E-state index < -0.39 is 17.6 Å². The number of aryl methyl sites for hydroxylation is 2. The smallest absolute Gasteiger partial charge is 0.407 e. The summed E-state index contributed by atoms with van der Waals surface area (Å²) in [5.74, 6) is -0.795. The van der Waals surface area contributed by atoms with E-state index in [9.17, 15) is 14.0 Å². The molecule has 0 fully saturated rings. The molecular weight excluding hydrogens is 492 g/mol. The van der Waals surface area contributed by atoms with Gasteiger partial charge in [0.1, 0.15) is 11.3 Å². The van der Waals surface area contributed by atoms with Gasteiger partial charge in [-0.05, 0) is 81.6 Å². The van der Waals surface area contributed by atoms with Gasteiger partial charge in [-0.3, -0.25) is 4.79 Å². The highest BCUT2D eigenvalue weighted by Gasteiger charge is 2.18. The van der Waals surface area contributed by atoms with Crippen molar-refractivity contribution in [3.05, 3.63) is 81.0 Å². The van der Waals surface area contributed by atoms with Gasteiger partial charge >= 0.3 is 6.09 Å². The first kappa shape index (κ1) is 26.6. The Labute approximate surface area is 213 Å². The molecule has 9 heteroatoms. The van der Waals surface area contributed by atoms with Gasteiger partial charge in [0.15, 0.2) is 5.78 Å². The highest BCUT2D eigenvalue weighted by molar-refractivity contribution is 6.42. The molecule has 0 unspecified atom stereocenters. The topological polar surface area (TPSA) is 81.2 Å². The molecule has 0 bridgehead atoms. The zero-order valence-electron chi connectivity index (χ0n) is 19.9. The minimum atomic E-state index is -0.643. The van der Waals surface area contributed by atoms with Crippen molar-refractivity contribution in [2.24, 2.45) is 0 Å². The van der Waals surface area contributed by atoms with Crippen molar-refractivity contribution < 1.29 is 18.7 Å². The maximum atomic E-state index is 13.5. The molecule has 2 aromatic heterocycles. The number of rotatable bonds is 7. The van der Waals surface area contributed by atoms with Gasteiger partial charge < -0.3 is 10.1 Å². The number of nitrogens with one attached hydrogen (secondary N) is 1. The summed E-state index contributed by atoms with van der Waals surface area (Å²) in [4.78, 5) is 33.6. The first-order valence-corrected chi connectivity index (χ1v) is 11.8. The third-order valence-electron chi connectivity index (χ3n) is 4.96. The number of benzene rings is 1. The molecule has 0 saturated carbocycles. The highest BCUT2D eigenvalue weighted by Crippen LogP contribution is 2.25. The number of amides is 1. The van der Waals surface area contributed by atoms with E-state index >= 15 is 0 Å². The van der Waals surface area contributed by atoms with Gasteiger partial charge in [0.25, 0.3) is 0 Å². The fraction of sp³-hybridized carbons (Fsp3) is 0.308. The molecule has 0 saturated heterocycles. The summed E-state index contributed by atoms with van der Waals surface area (Å²) in [7, 11) is 0. The van der Waals surface area contributed by atoms with Gasteiger partial charge in [-0.25, -0.2) is 14.8 Å². The second-order valence-electron chi connectivity index (χ2n) is 9.04. The van der Waals surface area contributed by atoms with Gasteiger partial charge in [-0.1, -0.05) is 29.3 Å². The molecule has 184 valence electrons. The summed E-state index contributed by atoms with van der Waals surface area (Å²) < 4.78 is 18.8. The standard InChI is InChI=1S/C26H26Cl2FN3O3/c1-15-18(7-10-24(29)31-15)21-12-17(14-30-25(34)35-26(2,3)4)13-22(32-21)23(33)9-6-16-5-8-19(27)20(28)11-16/h5,7-8,10-13H,6,9,14H2,1-4H3,(H,30,34). The van der Waals surface area contributed by atoms with Crippen LogP contribution in [0.2, 0.25) is 10.0 Å². The molecule has 1 amide bonds. The van der Waals surface area contributed by atoms with Gasteiger partial charge in [0.2, 0.25) is 5.95 Å². The Morgan fingerprint density at radius 3 is 2.40 bits per heavy atom. The number of pyridine rings is 2. The van der Waals surface area contributed by atoms with E-state index in [1.54, 1.807) is 58.0 Å². The molecule has 1 N–H and O–H groups in total. The summed E-state index contributed by atoms with van der Waals surface area (Å²) in [5.41, 5.74) is 2.57. The number of hydrogen-bond acceptors (Lipinski definition) is 5. The number of ketones is 1. The van der Waals surface area contributed by atoms with E-state index in [4.69, 9.17) is 27.9 Å². The first-order chi connectivity index (χ1) is 16.4. The van der Waals surface area contributed by atoms with E-state index in [1.165, 1.54) is 6.07 Å². The summed E-state index contributed by atoms with van der Waals surface area (Å²) in [6, 6.07) is 11.4. The van der Waals surface area contributed by atoms with Crippen LogP contribution in [-0.4, -0.2) is 27.4 Å². The number of nitrogens with zero attached hydrogens (tertiary/aromatic N) is 2. The molecule has 0 aliphatic carbocycles. The van der Waals surface area contributed by atoms with Crippen LogP contribution in [0.15, 0.2) is 42.5 Å². The normalized spacial score (nSPS) is 11.3. The van der Waals surface area contributed by atoms with Crippen molar-refractivity contribution in [1.29, 1.82) is 0 Å². The average molecular weight is 518 g/mol. The van der Waals surface area contributed by atoms with Crippen LogP contribution in [0.1, 0.15) is 54.5 Å². The summed E-state index contributed by atoms with van der Waals surface area (Å²) in [6.45, 7) is 7.09. The Bertz CT molecular complexity index is 1260. The average Bonchev–Trinajstić information content (AvgIpc) is 2.77. The second kappa shape index (κ2) is 11.1. The largest absolute Gasteiger partial charge is 0.444 e. The number of alkyl carbamates (subject to hydrolysis) is 1. The predicted molar refractivity (Wildman–Crippen MR) is 134 cm³/mol. The van der Waals surface area contributed by atoms with Crippen molar-refractivity contribution in [3.63, 3.8) is 0 Å². The molecule has 1 aromatic carbocycles. The van der Waals surface area contributed by atoms with Crippen molar-refractivity contribution in [2.45, 2.75) is 52.7 Å². The third kappa shape index (κ3) is 7.73. The van der Waals surface area contributed by atoms with Crippen molar-refractivity contribution in [1.82, 2.24) is 15.3 Å². The number of carbonyl (C=O) groups is 2. The number of ether oxygens (including phenoxy) is 1. The third-order valence-corrected chi connectivity index (χ3v) is 5.70. The Hall–Kier alpha value is -3.03. The van der Waals surface area contributed by atoms with Crippen molar-refractivity contribution in [3.8, 4) is 11.3 Å². The minimum Gasteiger partial charge on any atom is -0.444 e. The molecular formula is C26H26Cl2FN3O3. The van der Waals surface area contributed by atoms with Gasteiger partial charge in [0, 0.05) is 24.2 Å². The number of hydrogen-bond donors (Lipinski definition) is 1. The minimum absolute atomic E-state index is 0.116. The zero-order valence-corrected chi connectivity index (χ0v) is 21.4. The Morgan fingerprint density at radius 2 is 1.74 bits per heavy atom. The Kier molecular flexibility index (Phi) is 8.46. The molecule has 0 aliphatic heterocycles. The van der Waals surface area contributed by atoms with E-state index in [0.29, 0.717) is 39.0 Å². The molecule has 2 heterocycles. The van der Waals surface area contributed by atoms with Crippen LogP contribution in [-0.2, 0) is 17.7 Å². The van der Waals surface area contributed by atoms with Crippen LogP contribution in [0, 0.1) is 12.9 Å². The van der Waals surface area contributed by atoms with Crippen LogP contribution in [0.4, 0.5) is 9.18 Å². The zero-order chi connectivity index (χ0) is 25.8. The summed E-state index contributed by atoms with van der Waals surface area (Å²) in [6.07, 6.45) is 0.0566. The van der Waals surface area contributed by atoms with Gasteiger partial charge in [-0.15, -0.1) is 0 Å². The van der Waals surface area contributed by atoms with Crippen LogP contribution >= 0.6 is 23.2 Å². The van der Waals surface area contributed by atoms with E-state index in [1.807, 2.05) is 6.07 Å². The maximum absolute atomic E-state index is 13.5. The van der Waals surface area contributed by atoms with E-state index in [-0.39, 0.29) is 24.4 Å². The fourth-order valence-corrected chi connectivity index (χ4v) is 3.66. The fourth-order valence-electron chi connectivity index (χ4n) is 3.34. The molecule has 0 spiro atoms. The lowest BCUT2D eigenvalue weighted by Crippen LogP contribution is -2.32. The van der Waals surface area contributed by atoms with Crippen molar-refractivity contribution >= 4 is 35.1 Å². The molecule has 0 aliphatic rings. The molecule has 0 atom stereocenters. The van der Waals surface area contributed by atoms with Crippen molar-refractivity contribution in [2.75, 3.05) is 0 Å². The predicted octanol–water partition coefficient (Wildman–Crippen LogP) is 6.74. The van der Waals surface area contributed by atoms with Gasteiger partial charge in [-0.2, -0.15) is 4.39 Å². The summed E-state index contributed by atoms with van der Waals surface area (Å²) >= 11 is 12.0. The summed E-state index contributed by atoms with van der Waals surface area (Å²) in [5, 5.41) is 3.56. The number of carbonyl (C=O) groups excluding carboxylic acids is 2. The van der Waals surface area contributed by atoms with E-state index in [0.717, 1.165) is 5.56 Å². The first-order valence-electron chi connectivity index (χ1n) is 11.0. The van der Waals surface area contributed by atoms with Crippen LogP contribution < -0.4 is 5.32 Å².